The highest BCUT2D eigenvalue weighted by atomic mass is 79.9. The maximum Gasteiger partial charge on any atom is 0.0843 e. The number of rotatable bonds is 4. The van der Waals surface area contributed by atoms with Crippen LogP contribution in [0.5, 0.6) is 0 Å². The molecular weight excluding hydrogens is 376 g/mol. The summed E-state index contributed by atoms with van der Waals surface area (Å²) in [6, 6.07) is 2.87. The lowest BCUT2D eigenvalue weighted by molar-refractivity contribution is 0.128. The number of halogens is 2. The Morgan fingerprint density at radius 3 is 2.72 bits per heavy atom. The van der Waals surface area contributed by atoms with Gasteiger partial charge < -0.3 is 5.73 Å². The maximum atomic E-state index is 5.91. The Balaban J connectivity index is 1.99. The molecule has 2 rings (SSSR count). The van der Waals surface area contributed by atoms with E-state index in [0.29, 0.717) is 12.0 Å². The molecule has 2 unspecified atom stereocenters. The lowest BCUT2D eigenvalue weighted by atomic mass is 9.84. The summed E-state index contributed by atoms with van der Waals surface area (Å²) >= 11 is 8.93. The molecule has 1 aliphatic carbocycles. The van der Waals surface area contributed by atoms with Crippen molar-refractivity contribution in [3.63, 3.8) is 0 Å². The monoisotopic (exact) mass is 394 g/mol. The molecule has 2 atom stereocenters. The van der Waals surface area contributed by atoms with Crippen LogP contribution in [-0.2, 0) is 6.54 Å². The molecular formula is C13H20Br2N2S. The summed E-state index contributed by atoms with van der Waals surface area (Å²) in [4.78, 5) is 3.89. The van der Waals surface area contributed by atoms with E-state index in [4.69, 9.17) is 5.73 Å². The van der Waals surface area contributed by atoms with E-state index in [2.05, 4.69) is 49.9 Å². The molecule has 1 saturated carbocycles. The molecule has 0 spiro atoms. The Morgan fingerprint density at radius 2 is 2.11 bits per heavy atom. The fourth-order valence-corrected chi connectivity index (χ4v) is 5.12. The van der Waals surface area contributed by atoms with Crippen LogP contribution in [0.15, 0.2) is 14.3 Å². The molecule has 102 valence electrons. The van der Waals surface area contributed by atoms with Crippen molar-refractivity contribution >= 4 is 43.2 Å². The minimum Gasteiger partial charge on any atom is -0.330 e. The van der Waals surface area contributed by atoms with E-state index < -0.39 is 0 Å². The molecule has 1 heterocycles. The van der Waals surface area contributed by atoms with Gasteiger partial charge in [-0.15, -0.1) is 11.3 Å². The van der Waals surface area contributed by atoms with Gasteiger partial charge in [-0.3, -0.25) is 4.90 Å². The summed E-state index contributed by atoms with van der Waals surface area (Å²) in [6.45, 7) is 1.85. The largest absolute Gasteiger partial charge is 0.330 e. The zero-order valence-electron chi connectivity index (χ0n) is 10.7. The molecule has 0 amide bonds. The van der Waals surface area contributed by atoms with Gasteiger partial charge in [-0.2, -0.15) is 0 Å². The van der Waals surface area contributed by atoms with Gasteiger partial charge in [0.2, 0.25) is 0 Å². The predicted molar refractivity (Wildman–Crippen MR) is 86.0 cm³/mol. The highest BCUT2D eigenvalue weighted by Crippen LogP contribution is 2.34. The van der Waals surface area contributed by atoms with E-state index in [0.717, 1.165) is 17.6 Å². The molecule has 0 aromatic carbocycles. The average molecular weight is 396 g/mol. The molecule has 18 heavy (non-hydrogen) atoms. The minimum absolute atomic E-state index is 0.656. The molecule has 0 saturated heterocycles. The number of nitrogens with zero attached hydrogens (tertiary/aromatic N) is 1. The Labute approximate surface area is 130 Å². The third-order valence-corrected chi connectivity index (χ3v) is 7.08. The van der Waals surface area contributed by atoms with Gasteiger partial charge >= 0.3 is 0 Å². The quantitative estimate of drug-likeness (QED) is 0.826. The van der Waals surface area contributed by atoms with Crippen LogP contribution < -0.4 is 5.73 Å². The number of nitrogens with two attached hydrogens (primary N) is 1. The SMILES string of the molecule is CN(Cc1cc(Br)c(Br)s1)C1CCCCC1CN. The molecule has 0 aliphatic heterocycles. The molecule has 1 fully saturated rings. The van der Waals surface area contributed by atoms with E-state index >= 15 is 0 Å². The first-order valence-electron chi connectivity index (χ1n) is 6.46. The van der Waals surface area contributed by atoms with Crippen LogP contribution in [0, 0.1) is 5.92 Å². The third-order valence-electron chi connectivity index (χ3n) is 3.84. The Kier molecular flexibility index (Phi) is 5.69. The van der Waals surface area contributed by atoms with Crippen molar-refractivity contribution in [1.82, 2.24) is 4.90 Å². The zero-order valence-corrected chi connectivity index (χ0v) is 14.7. The summed E-state index contributed by atoms with van der Waals surface area (Å²) in [7, 11) is 2.24. The summed E-state index contributed by atoms with van der Waals surface area (Å²) in [5.74, 6) is 0.676. The van der Waals surface area contributed by atoms with Gasteiger partial charge in [-0.05, 0) is 70.3 Å². The molecule has 1 aromatic rings. The molecule has 5 heteroatoms. The Morgan fingerprint density at radius 1 is 1.39 bits per heavy atom. The molecule has 1 aromatic heterocycles. The van der Waals surface area contributed by atoms with Crippen molar-refractivity contribution < 1.29 is 0 Å². The van der Waals surface area contributed by atoms with Crippen molar-refractivity contribution in [2.24, 2.45) is 11.7 Å². The number of hydrogen-bond donors (Lipinski definition) is 1. The average Bonchev–Trinajstić information content (AvgIpc) is 2.68. The fraction of sp³-hybridized carbons (Fsp3) is 0.692. The first-order chi connectivity index (χ1) is 8.61. The summed E-state index contributed by atoms with van der Waals surface area (Å²) in [6.07, 6.45) is 5.29. The Bertz CT molecular complexity index is 375. The van der Waals surface area contributed by atoms with E-state index in [1.54, 1.807) is 0 Å². The molecule has 0 bridgehead atoms. The smallest absolute Gasteiger partial charge is 0.0843 e. The van der Waals surface area contributed by atoms with Crippen LogP contribution in [0.2, 0.25) is 0 Å². The lowest BCUT2D eigenvalue weighted by Gasteiger charge is -2.37. The number of thiophene rings is 1. The first-order valence-corrected chi connectivity index (χ1v) is 8.86. The lowest BCUT2D eigenvalue weighted by Crippen LogP contribution is -2.42. The summed E-state index contributed by atoms with van der Waals surface area (Å²) in [5.41, 5.74) is 5.91. The zero-order chi connectivity index (χ0) is 13.1. The minimum atomic E-state index is 0.656. The standard InChI is InChI=1S/C13H20Br2N2S/c1-17(8-10-6-11(14)13(15)18-10)12-5-3-2-4-9(12)7-16/h6,9,12H,2-5,7-8,16H2,1H3. The fourth-order valence-electron chi connectivity index (χ4n) is 2.88. The molecule has 1 aliphatic rings. The summed E-state index contributed by atoms with van der Waals surface area (Å²) in [5, 5.41) is 0. The van der Waals surface area contributed by atoms with Crippen LogP contribution in [-0.4, -0.2) is 24.5 Å². The van der Waals surface area contributed by atoms with Crippen LogP contribution in [0.4, 0.5) is 0 Å². The second-order valence-electron chi connectivity index (χ2n) is 5.10. The second kappa shape index (κ2) is 6.84. The Hall–Kier alpha value is 0.580. The van der Waals surface area contributed by atoms with Crippen molar-refractivity contribution in [3.8, 4) is 0 Å². The summed E-state index contributed by atoms with van der Waals surface area (Å²) < 4.78 is 2.35. The van der Waals surface area contributed by atoms with Gasteiger partial charge in [0.05, 0.1) is 3.79 Å². The van der Waals surface area contributed by atoms with Gasteiger partial charge in [0.1, 0.15) is 0 Å². The van der Waals surface area contributed by atoms with Crippen LogP contribution in [0.25, 0.3) is 0 Å². The molecule has 0 radical (unpaired) electrons. The first kappa shape index (κ1) is 15.0. The van der Waals surface area contributed by atoms with Gasteiger partial charge in [0, 0.05) is 21.9 Å². The van der Waals surface area contributed by atoms with Crippen molar-refractivity contribution in [3.05, 3.63) is 19.2 Å². The number of hydrogen-bond acceptors (Lipinski definition) is 3. The van der Waals surface area contributed by atoms with E-state index in [-0.39, 0.29) is 0 Å². The van der Waals surface area contributed by atoms with Gasteiger partial charge in [0.25, 0.3) is 0 Å². The third kappa shape index (κ3) is 3.57. The van der Waals surface area contributed by atoms with Crippen molar-refractivity contribution in [2.45, 2.75) is 38.3 Å². The van der Waals surface area contributed by atoms with Gasteiger partial charge in [-0.1, -0.05) is 12.8 Å². The predicted octanol–water partition coefficient (Wildman–Crippen LogP) is 4.22. The van der Waals surface area contributed by atoms with E-state index in [1.807, 2.05) is 11.3 Å². The highest BCUT2D eigenvalue weighted by molar-refractivity contribution is 9.13. The molecule has 2 N–H and O–H groups in total. The van der Waals surface area contributed by atoms with Gasteiger partial charge in [-0.25, -0.2) is 0 Å². The highest BCUT2D eigenvalue weighted by Gasteiger charge is 2.27. The van der Waals surface area contributed by atoms with Crippen LogP contribution >= 0.6 is 43.2 Å². The topological polar surface area (TPSA) is 29.3 Å². The van der Waals surface area contributed by atoms with Gasteiger partial charge in [0.15, 0.2) is 0 Å². The normalized spacial score (nSPS) is 24.7. The second-order valence-corrected chi connectivity index (χ2v) is 8.41. The van der Waals surface area contributed by atoms with Crippen LogP contribution in [0.3, 0.4) is 0 Å². The maximum absolute atomic E-state index is 5.91. The van der Waals surface area contributed by atoms with E-state index in [9.17, 15) is 0 Å². The van der Waals surface area contributed by atoms with Crippen molar-refractivity contribution in [2.75, 3.05) is 13.6 Å². The van der Waals surface area contributed by atoms with Crippen LogP contribution in [0.1, 0.15) is 30.6 Å². The molecule has 2 nitrogen and oxygen atoms in total. The van der Waals surface area contributed by atoms with Crippen molar-refractivity contribution in [1.29, 1.82) is 0 Å². The van der Waals surface area contributed by atoms with E-state index in [1.165, 1.54) is 34.3 Å².